The minimum Gasteiger partial charge on any atom is -0.461 e. The summed E-state index contributed by atoms with van der Waals surface area (Å²) in [6.45, 7) is 1.86. The molecule has 124 valence electrons. The number of carbonyl (C=O) groups excluding carboxylic acids is 1. The van der Waals surface area contributed by atoms with Crippen LogP contribution in [-0.2, 0) is 9.53 Å². The highest BCUT2D eigenvalue weighted by Gasteiger charge is 2.17. The molecule has 1 N–H and O–H groups in total. The van der Waals surface area contributed by atoms with Gasteiger partial charge in [0.1, 0.15) is 12.1 Å². The van der Waals surface area contributed by atoms with Crippen molar-refractivity contribution in [3.8, 4) is 0 Å². The Hall–Kier alpha value is -2.44. The summed E-state index contributed by atoms with van der Waals surface area (Å²) in [6, 6.07) is 0.0980. The Balaban J connectivity index is 0.00000208. The van der Waals surface area contributed by atoms with Crippen molar-refractivity contribution in [2.45, 2.75) is 31.7 Å². The molecule has 0 saturated carbocycles. The van der Waals surface area contributed by atoms with Gasteiger partial charge in [-0.25, -0.2) is 4.79 Å². The molecule has 0 bridgehead atoms. The third kappa shape index (κ3) is 4.51. The Labute approximate surface area is 137 Å². The first-order valence-corrected chi connectivity index (χ1v) is 7.97. The van der Waals surface area contributed by atoms with E-state index in [1.165, 1.54) is 5.57 Å². The van der Waals surface area contributed by atoms with Gasteiger partial charge in [-0.1, -0.05) is 18.2 Å². The highest BCUT2D eigenvalue weighted by Crippen LogP contribution is 2.13. The molecule has 0 radical (unpaired) electrons. The van der Waals surface area contributed by atoms with Gasteiger partial charge in [0, 0.05) is 7.64 Å². The summed E-state index contributed by atoms with van der Waals surface area (Å²) < 4.78 is 5.09. The van der Waals surface area contributed by atoms with E-state index < -0.39 is 0 Å². The molecule has 7 nitrogen and oxygen atoms in total. The fourth-order valence-corrected chi connectivity index (χ4v) is 2.51. The molecule has 7 heteroatoms. The monoisotopic (exact) mass is 317 g/mol. The highest BCUT2D eigenvalue weighted by molar-refractivity contribution is 6.36. The number of cyclic esters (lactones) is 1. The van der Waals surface area contributed by atoms with E-state index in [0.29, 0.717) is 31.8 Å². The molecule has 0 aromatic heterocycles. The zero-order valence-corrected chi connectivity index (χ0v) is 13.0. The molecule has 1 aliphatic carbocycles. The van der Waals surface area contributed by atoms with Gasteiger partial charge >= 0.3 is 5.97 Å². The highest BCUT2D eigenvalue weighted by atomic mass is 16.5. The summed E-state index contributed by atoms with van der Waals surface area (Å²) in [6.07, 6.45) is 13.2. The second-order valence-corrected chi connectivity index (χ2v) is 5.64. The van der Waals surface area contributed by atoms with Crippen LogP contribution in [0.15, 0.2) is 39.0 Å². The van der Waals surface area contributed by atoms with Gasteiger partial charge in [-0.3, -0.25) is 10.0 Å². The molecule has 1 atom stereocenters. The van der Waals surface area contributed by atoms with Crippen molar-refractivity contribution in [2.75, 3.05) is 19.7 Å². The van der Waals surface area contributed by atoms with Crippen molar-refractivity contribution in [2.24, 2.45) is 15.2 Å². The van der Waals surface area contributed by atoms with Crippen LogP contribution in [0.4, 0.5) is 0 Å². The number of ether oxygens (including phenoxy) is 1. The van der Waals surface area contributed by atoms with Crippen LogP contribution in [0.3, 0.4) is 0 Å². The van der Waals surface area contributed by atoms with Crippen molar-refractivity contribution in [3.63, 3.8) is 0 Å². The molecule has 3 rings (SSSR count). The van der Waals surface area contributed by atoms with Gasteiger partial charge in [-0.15, -0.1) is 0 Å². The predicted molar refractivity (Wildman–Crippen MR) is 91.7 cm³/mol. The van der Waals surface area contributed by atoms with Crippen molar-refractivity contribution < 1.29 is 11.0 Å². The number of nitrogens with zero attached hydrogens (tertiary/aromatic N) is 4. The van der Waals surface area contributed by atoms with Gasteiger partial charge in [-0.2, -0.15) is 10.2 Å². The number of hydrogen-bond acceptors (Lipinski definition) is 7. The first-order chi connectivity index (χ1) is 11.3. The SMILES string of the molecule is O=C1OCCCC/C1=N\NC1C=CC(CN2C=NCC=N2)=CC1.[HH]. The number of rotatable bonds is 4. The van der Waals surface area contributed by atoms with E-state index in [2.05, 4.69) is 38.8 Å². The molecule has 1 unspecified atom stereocenters. The third-order valence-corrected chi connectivity index (χ3v) is 3.80. The molecule has 0 amide bonds. The summed E-state index contributed by atoms with van der Waals surface area (Å²) in [5, 5.41) is 10.3. The van der Waals surface area contributed by atoms with Crippen LogP contribution in [0.2, 0.25) is 0 Å². The summed E-state index contributed by atoms with van der Waals surface area (Å²) in [5.41, 5.74) is 4.74. The normalized spacial score (nSPS) is 26.0. The van der Waals surface area contributed by atoms with Gasteiger partial charge < -0.3 is 10.2 Å². The molecule has 0 aromatic rings. The van der Waals surface area contributed by atoms with E-state index in [-0.39, 0.29) is 13.4 Å². The number of esters is 1. The Kier molecular flexibility index (Phi) is 5.18. The molecule has 3 aliphatic rings. The minimum absolute atomic E-state index is 0. The number of hydrogen-bond donors (Lipinski definition) is 1. The maximum Gasteiger partial charge on any atom is 0.354 e. The maximum atomic E-state index is 11.7. The van der Waals surface area contributed by atoms with E-state index in [1.807, 2.05) is 5.01 Å². The molecular weight excluding hydrogens is 294 g/mol. The lowest BCUT2D eigenvalue weighted by atomic mass is 10.0. The lowest BCUT2D eigenvalue weighted by Gasteiger charge is -2.20. The van der Waals surface area contributed by atoms with Crippen LogP contribution in [0.5, 0.6) is 0 Å². The quantitative estimate of drug-likeness (QED) is 0.629. The number of aliphatic imine (C=N–C) groups is 1. The fraction of sp³-hybridized carbons (Fsp3) is 0.500. The van der Waals surface area contributed by atoms with Gasteiger partial charge in [0.15, 0.2) is 0 Å². The first kappa shape index (κ1) is 15.5. The molecule has 2 aliphatic heterocycles. The summed E-state index contributed by atoms with van der Waals surface area (Å²) in [5.74, 6) is -0.298. The van der Waals surface area contributed by atoms with Gasteiger partial charge in [0.25, 0.3) is 0 Å². The number of nitrogens with one attached hydrogen (secondary N) is 1. The van der Waals surface area contributed by atoms with E-state index in [0.717, 1.165) is 19.3 Å². The van der Waals surface area contributed by atoms with Crippen LogP contribution in [0.25, 0.3) is 0 Å². The lowest BCUT2D eigenvalue weighted by Crippen LogP contribution is -2.28. The molecule has 2 heterocycles. The first-order valence-electron chi connectivity index (χ1n) is 7.97. The van der Waals surface area contributed by atoms with Crippen LogP contribution < -0.4 is 5.43 Å². The van der Waals surface area contributed by atoms with Crippen LogP contribution in [-0.4, -0.2) is 55.0 Å². The average Bonchev–Trinajstić information content (AvgIpc) is 2.79. The summed E-state index contributed by atoms with van der Waals surface area (Å²) in [4.78, 5) is 15.9. The number of hydrazone groups is 2. The average molecular weight is 317 g/mol. The van der Waals surface area contributed by atoms with Gasteiger partial charge in [-0.05, 0) is 31.3 Å². The van der Waals surface area contributed by atoms with E-state index in [4.69, 9.17) is 4.74 Å². The van der Waals surface area contributed by atoms with Crippen LogP contribution in [0.1, 0.15) is 27.1 Å². The van der Waals surface area contributed by atoms with Crippen LogP contribution in [0, 0.1) is 0 Å². The van der Waals surface area contributed by atoms with Gasteiger partial charge in [0.2, 0.25) is 0 Å². The van der Waals surface area contributed by atoms with Crippen molar-refractivity contribution in [3.05, 3.63) is 23.8 Å². The Bertz CT molecular complexity index is 585. The third-order valence-electron chi connectivity index (χ3n) is 3.80. The predicted octanol–water partition coefficient (Wildman–Crippen LogP) is 1.49. The Morgan fingerprint density at radius 3 is 3.22 bits per heavy atom. The standard InChI is InChI=1S/C16H21N5O2.H2/c22-16-15(3-1-2-10-23-16)20-19-14-6-4-13(5-7-14)11-21-12-17-8-9-18-21;/h4-6,9,12,14,19H,1-3,7-8,10-11H2;1H/b20-15+;. The van der Waals surface area contributed by atoms with Crippen molar-refractivity contribution in [1.82, 2.24) is 10.4 Å². The molecule has 0 spiro atoms. The van der Waals surface area contributed by atoms with Crippen molar-refractivity contribution in [1.29, 1.82) is 0 Å². The number of carbonyl (C=O) groups is 1. The Morgan fingerprint density at radius 2 is 2.43 bits per heavy atom. The molecule has 1 fully saturated rings. The second kappa shape index (κ2) is 7.71. The summed E-state index contributed by atoms with van der Waals surface area (Å²) >= 11 is 0. The zero-order valence-electron chi connectivity index (χ0n) is 13.0. The van der Waals surface area contributed by atoms with Gasteiger partial charge in [0.05, 0.1) is 25.7 Å². The topological polar surface area (TPSA) is 78.6 Å². The maximum absolute atomic E-state index is 11.7. The molecule has 0 aromatic carbocycles. The Morgan fingerprint density at radius 1 is 1.48 bits per heavy atom. The molecular formula is C16H23N5O2. The summed E-state index contributed by atoms with van der Waals surface area (Å²) in [7, 11) is 0. The molecule has 1 saturated heterocycles. The zero-order chi connectivity index (χ0) is 15.9. The molecule has 23 heavy (non-hydrogen) atoms. The second-order valence-electron chi connectivity index (χ2n) is 5.64. The lowest BCUT2D eigenvalue weighted by molar-refractivity contribution is -0.135. The van der Waals surface area contributed by atoms with Crippen LogP contribution >= 0.6 is 0 Å². The largest absolute Gasteiger partial charge is 0.461 e. The van der Waals surface area contributed by atoms with E-state index in [9.17, 15) is 4.79 Å². The van der Waals surface area contributed by atoms with E-state index in [1.54, 1.807) is 12.6 Å². The minimum atomic E-state index is -0.298. The smallest absolute Gasteiger partial charge is 0.354 e. The van der Waals surface area contributed by atoms with Crippen molar-refractivity contribution >= 4 is 24.2 Å². The van der Waals surface area contributed by atoms with E-state index >= 15 is 0 Å². The fourth-order valence-electron chi connectivity index (χ4n) is 2.51.